The summed E-state index contributed by atoms with van der Waals surface area (Å²) >= 11 is 0. The van der Waals surface area contributed by atoms with Crippen LogP contribution in [0.25, 0.3) is 0 Å². The lowest BCUT2D eigenvalue weighted by atomic mass is 9.98. The van der Waals surface area contributed by atoms with Crippen molar-refractivity contribution in [2.75, 3.05) is 0 Å². The van der Waals surface area contributed by atoms with Crippen molar-refractivity contribution in [2.45, 2.75) is 32.6 Å². The van der Waals surface area contributed by atoms with Gasteiger partial charge >= 0.3 is 0 Å². The van der Waals surface area contributed by atoms with Gasteiger partial charge in [0.05, 0.1) is 12.0 Å². The van der Waals surface area contributed by atoms with Gasteiger partial charge in [-0.1, -0.05) is 25.5 Å². The average molecular weight is 189 g/mol. The standard InChI is InChI=1S/C12H15NO/c1-3-4-10-5-6-12(14)11(7-10)9(2)8-13/h5-7,9,14H,3-4H2,1-2H3. The molecular formula is C12H15NO. The Hall–Kier alpha value is -1.49. The topological polar surface area (TPSA) is 44.0 Å². The van der Waals surface area contributed by atoms with Gasteiger partial charge in [-0.15, -0.1) is 0 Å². The second kappa shape index (κ2) is 4.66. The first-order valence-electron chi connectivity index (χ1n) is 4.90. The number of benzene rings is 1. The summed E-state index contributed by atoms with van der Waals surface area (Å²) in [5.41, 5.74) is 1.92. The molecule has 1 unspecified atom stereocenters. The molecule has 0 amide bonds. The van der Waals surface area contributed by atoms with Crippen LogP contribution in [0.4, 0.5) is 0 Å². The van der Waals surface area contributed by atoms with Crippen LogP contribution >= 0.6 is 0 Å². The molecule has 1 aromatic rings. The Morgan fingerprint density at radius 2 is 2.21 bits per heavy atom. The molecular weight excluding hydrogens is 174 g/mol. The van der Waals surface area contributed by atoms with E-state index in [-0.39, 0.29) is 11.7 Å². The summed E-state index contributed by atoms with van der Waals surface area (Å²) < 4.78 is 0. The van der Waals surface area contributed by atoms with Gasteiger partial charge in [0.15, 0.2) is 0 Å². The molecule has 14 heavy (non-hydrogen) atoms. The molecule has 1 N–H and O–H groups in total. The summed E-state index contributed by atoms with van der Waals surface area (Å²) in [5, 5.41) is 18.3. The highest BCUT2D eigenvalue weighted by molar-refractivity contribution is 5.40. The maximum atomic E-state index is 9.55. The zero-order valence-electron chi connectivity index (χ0n) is 8.62. The second-order valence-electron chi connectivity index (χ2n) is 3.49. The lowest BCUT2D eigenvalue weighted by Gasteiger charge is -2.08. The first-order chi connectivity index (χ1) is 6.69. The lowest BCUT2D eigenvalue weighted by molar-refractivity contribution is 0.466. The fourth-order valence-electron chi connectivity index (χ4n) is 1.46. The van der Waals surface area contributed by atoms with Gasteiger partial charge in [0.1, 0.15) is 5.75 Å². The Labute approximate surface area is 84.8 Å². The Bertz CT molecular complexity index is 352. The Kier molecular flexibility index (Phi) is 3.53. The van der Waals surface area contributed by atoms with E-state index in [4.69, 9.17) is 5.26 Å². The number of aromatic hydroxyl groups is 1. The van der Waals surface area contributed by atoms with E-state index in [1.54, 1.807) is 13.0 Å². The number of hydrogen-bond acceptors (Lipinski definition) is 2. The average Bonchev–Trinajstić information content (AvgIpc) is 2.20. The molecule has 0 aliphatic heterocycles. The summed E-state index contributed by atoms with van der Waals surface area (Å²) in [6, 6.07) is 7.64. The van der Waals surface area contributed by atoms with Crippen LogP contribution in [0.1, 0.15) is 37.3 Å². The van der Waals surface area contributed by atoms with Gasteiger partial charge < -0.3 is 5.11 Å². The third-order valence-electron chi connectivity index (χ3n) is 2.29. The number of phenolic OH excluding ortho intramolecular Hbond substituents is 1. The molecule has 0 saturated carbocycles. The van der Waals surface area contributed by atoms with Crippen molar-refractivity contribution in [1.82, 2.24) is 0 Å². The third-order valence-corrected chi connectivity index (χ3v) is 2.29. The second-order valence-corrected chi connectivity index (χ2v) is 3.49. The largest absolute Gasteiger partial charge is 0.508 e. The minimum Gasteiger partial charge on any atom is -0.508 e. The van der Waals surface area contributed by atoms with E-state index in [9.17, 15) is 5.11 Å². The molecule has 0 heterocycles. The quantitative estimate of drug-likeness (QED) is 0.794. The van der Waals surface area contributed by atoms with Gasteiger partial charge in [-0.25, -0.2) is 0 Å². The van der Waals surface area contributed by atoms with E-state index in [0.717, 1.165) is 18.4 Å². The maximum absolute atomic E-state index is 9.55. The maximum Gasteiger partial charge on any atom is 0.120 e. The number of aryl methyl sites for hydroxylation is 1. The Morgan fingerprint density at radius 3 is 2.79 bits per heavy atom. The Morgan fingerprint density at radius 1 is 1.50 bits per heavy atom. The van der Waals surface area contributed by atoms with E-state index in [0.29, 0.717) is 0 Å². The highest BCUT2D eigenvalue weighted by Crippen LogP contribution is 2.26. The van der Waals surface area contributed by atoms with Crippen LogP contribution in [0.5, 0.6) is 5.75 Å². The summed E-state index contributed by atoms with van der Waals surface area (Å²) in [6.45, 7) is 3.91. The molecule has 0 bridgehead atoms. The molecule has 0 saturated heterocycles. The fourth-order valence-corrected chi connectivity index (χ4v) is 1.46. The molecule has 0 aromatic heterocycles. The van der Waals surface area contributed by atoms with E-state index in [2.05, 4.69) is 13.0 Å². The third kappa shape index (κ3) is 2.26. The molecule has 0 radical (unpaired) electrons. The molecule has 74 valence electrons. The molecule has 2 heteroatoms. The van der Waals surface area contributed by atoms with Gasteiger partial charge in [-0.2, -0.15) is 5.26 Å². The molecule has 0 spiro atoms. The number of rotatable bonds is 3. The van der Waals surface area contributed by atoms with Crippen LogP contribution in [0.2, 0.25) is 0 Å². The van der Waals surface area contributed by atoms with Crippen molar-refractivity contribution in [3.05, 3.63) is 29.3 Å². The monoisotopic (exact) mass is 189 g/mol. The van der Waals surface area contributed by atoms with E-state index in [1.807, 2.05) is 12.1 Å². The summed E-state index contributed by atoms with van der Waals surface area (Å²) in [5.74, 6) is -0.0225. The molecule has 1 aromatic carbocycles. The Balaban J connectivity index is 3.03. The summed E-state index contributed by atoms with van der Waals surface area (Å²) in [7, 11) is 0. The molecule has 2 nitrogen and oxygen atoms in total. The van der Waals surface area contributed by atoms with Crippen molar-refractivity contribution < 1.29 is 5.11 Å². The number of hydrogen-bond donors (Lipinski definition) is 1. The van der Waals surface area contributed by atoms with Crippen molar-refractivity contribution >= 4 is 0 Å². The number of nitriles is 1. The van der Waals surface area contributed by atoms with Gasteiger partial charge in [-0.3, -0.25) is 0 Å². The zero-order valence-corrected chi connectivity index (χ0v) is 8.62. The lowest BCUT2D eigenvalue weighted by Crippen LogP contribution is -1.93. The SMILES string of the molecule is CCCc1ccc(O)c(C(C)C#N)c1. The van der Waals surface area contributed by atoms with E-state index in [1.165, 1.54) is 5.56 Å². The van der Waals surface area contributed by atoms with Crippen LogP contribution in [0.15, 0.2) is 18.2 Å². The van der Waals surface area contributed by atoms with Gasteiger partial charge in [0, 0.05) is 5.56 Å². The minimum atomic E-state index is -0.244. The normalized spacial score (nSPS) is 12.1. The van der Waals surface area contributed by atoms with Crippen molar-refractivity contribution in [2.24, 2.45) is 0 Å². The van der Waals surface area contributed by atoms with E-state index < -0.39 is 0 Å². The predicted octanol–water partition coefficient (Wildman–Crippen LogP) is 2.97. The van der Waals surface area contributed by atoms with Gasteiger partial charge in [0.25, 0.3) is 0 Å². The van der Waals surface area contributed by atoms with Crippen molar-refractivity contribution in [3.8, 4) is 11.8 Å². The van der Waals surface area contributed by atoms with Crippen molar-refractivity contribution in [3.63, 3.8) is 0 Å². The molecule has 0 fully saturated rings. The van der Waals surface area contributed by atoms with Crippen molar-refractivity contribution in [1.29, 1.82) is 5.26 Å². The smallest absolute Gasteiger partial charge is 0.120 e. The minimum absolute atomic E-state index is 0.221. The van der Waals surface area contributed by atoms with Crippen LogP contribution in [-0.2, 0) is 6.42 Å². The van der Waals surface area contributed by atoms with Crippen LogP contribution in [0.3, 0.4) is 0 Å². The van der Waals surface area contributed by atoms with E-state index >= 15 is 0 Å². The number of phenols is 1. The molecule has 0 aliphatic carbocycles. The first kappa shape index (κ1) is 10.6. The number of nitrogens with zero attached hydrogens (tertiary/aromatic N) is 1. The van der Waals surface area contributed by atoms with Gasteiger partial charge in [-0.05, 0) is 25.0 Å². The predicted molar refractivity (Wildman–Crippen MR) is 56.1 cm³/mol. The highest BCUT2D eigenvalue weighted by atomic mass is 16.3. The molecule has 0 aliphatic rings. The zero-order chi connectivity index (χ0) is 10.6. The van der Waals surface area contributed by atoms with Gasteiger partial charge in [0.2, 0.25) is 0 Å². The first-order valence-corrected chi connectivity index (χ1v) is 4.90. The molecule has 1 rings (SSSR count). The highest BCUT2D eigenvalue weighted by Gasteiger charge is 2.09. The molecule has 1 atom stereocenters. The van der Waals surface area contributed by atoms with Crippen LogP contribution in [0, 0.1) is 11.3 Å². The van der Waals surface area contributed by atoms with Crippen LogP contribution in [-0.4, -0.2) is 5.11 Å². The fraction of sp³-hybridized carbons (Fsp3) is 0.417. The summed E-state index contributed by atoms with van der Waals surface area (Å²) in [4.78, 5) is 0. The van der Waals surface area contributed by atoms with Crippen LogP contribution < -0.4 is 0 Å². The summed E-state index contributed by atoms with van der Waals surface area (Å²) in [6.07, 6.45) is 2.07.